The highest BCUT2D eigenvalue weighted by molar-refractivity contribution is 7.86. The second-order valence-electron chi connectivity index (χ2n) is 6.81. The van der Waals surface area contributed by atoms with E-state index in [1.54, 1.807) is 24.3 Å². The summed E-state index contributed by atoms with van der Waals surface area (Å²) < 4.78 is 41.6. The van der Waals surface area contributed by atoms with E-state index in [1.807, 2.05) is 38.1 Å². The number of fused-ring (bicyclic) bond motifs is 1. The number of rotatable bonds is 5. The SMILES string of the molecule is Cc1ccc(S(=O)(=O)OCC2Oc3cc(Cl)cc(-c4ccccc4C)c3O2)cc1. The lowest BCUT2D eigenvalue weighted by atomic mass is 9.99. The first-order chi connectivity index (χ1) is 13.8. The standard InChI is InChI=1S/C22H19ClO5S/c1-14-7-9-17(10-8-14)29(24,25)26-13-21-27-20-12-16(23)11-19(22(20)28-21)18-6-4-3-5-15(18)2/h3-12,21H,13H2,1-2H3. The van der Waals surface area contributed by atoms with E-state index in [4.69, 9.17) is 25.3 Å². The Kier molecular flexibility index (Phi) is 5.25. The first kappa shape index (κ1) is 19.8. The number of hydrogen-bond donors (Lipinski definition) is 0. The fourth-order valence-corrected chi connectivity index (χ4v) is 4.24. The molecule has 5 nitrogen and oxygen atoms in total. The molecule has 29 heavy (non-hydrogen) atoms. The fourth-order valence-electron chi connectivity index (χ4n) is 3.14. The Labute approximate surface area is 174 Å². The third-order valence-electron chi connectivity index (χ3n) is 4.63. The van der Waals surface area contributed by atoms with E-state index in [9.17, 15) is 8.42 Å². The Hall–Kier alpha value is -2.54. The van der Waals surface area contributed by atoms with Crippen LogP contribution in [0.1, 0.15) is 11.1 Å². The molecule has 4 rings (SSSR count). The fraction of sp³-hybridized carbons (Fsp3) is 0.182. The average molecular weight is 431 g/mol. The van der Waals surface area contributed by atoms with Crippen molar-refractivity contribution < 1.29 is 22.1 Å². The summed E-state index contributed by atoms with van der Waals surface area (Å²) in [5.41, 5.74) is 3.77. The van der Waals surface area contributed by atoms with Crippen LogP contribution in [-0.4, -0.2) is 21.3 Å². The monoisotopic (exact) mass is 430 g/mol. The lowest BCUT2D eigenvalue weighted by Gasteiger charge is -2.12. The van der Waals surface area contributed by atoms with Crippen molar-refractivity contribution in [2.24, 2.45) is 0 Å². The summed E-state index contributed by atoms with van der Waals surface area (Å²) in [6.07, 6.45) is -0.897. The van der Waals surface area contributed by atoms with Crippen molar-refractivity contribution in [2.45, 2.75) is 25.0 Å². The Balaban J connectivity index is 1.54. The zero-order chi connectivity index (χ0) is 20.6. The molecule has 0 aliphatic carbocycles. The molecule has 0 saturated carbocycles. The van der Waals surface area contributed by atoms with Gasteiger partial charge in [-0.1, -0.05) is 53.6 Å². The molecule has 7 heteroatoms. The molecule has 0 spiro atoms. The number of benzene rings is 3. The molecule has 1 heterocycles. The van der Waals surface area contributed by atoms with Gasteiger partial charge in [-0.15, -0.1) is 0 Å². The highest BCUT2D eigenvalue weighted by Gasteiger charge is 2.30. The minimum Gasteiger partial charge on any atom is -0.448 e. The minimum atomic E-state index is -3.92. The number of ether oxygens (including phenoxy) is 2. The summed E-state index contributed by atoms with van der Waals surface area (Å²) in [6.45, 7) is 3.59. The van der Waals surface area contributed by atoms with Crippen LogP contribution in [0.15, 0.2) is 65.6 Å². The van der Waals surface area contributed by atoms with Crippen LogP contribution in [0.3, 0.4) is 0 Å². The predicted molar refractivity (Wildman–Crippen MR) is 111 cm³/mol. The van der Waals surface area contributed by atoms with E-state index in [2.05, 4.69) is 0 Å². The lowest BCUT2D eigenvalue weighted by Crippen LogP contribution is -2.26. The number of hydrogen-bond acceptors (Lipinski definition) is 5. The topological polar surface area (TPSA) is 61.8 Å². The summed E-state index contributed by atoms with van der Waals surface area (Å²) >= 11 is 6.26. The first-order valence-electron chi connectivity index (χ1n) is 9.02. The van der Waals surface area contributed by atoms with Crippen molar-refractivity contribution in [2.75, 3.05) is 6.61 Å². The molecule has 1 atom stereocenters. The van der Waals surface area contributed by atoms with Gasteiger partial charge >= 0.3 is 0 Å². The van der Waals surface area contributed by atoms with E-state index >= 15 is 0 Å². The van der Waals surface area contributed by atoms with E-state index in [-0.39, 0.29) is 11.5 Å². The Morgan fingerprint density at radius 3 is 2.41 bits per heavy atom. The minimum absolute atomic E-state index is 0.0854. The Morgan fingerprint density at radius 1 is 0.966 bits per heavy atom. The average Bonchev–Trinajstić information content (AvgIpc) is 3.09. The Bertz CT molecular complexity index is 1160. The molecule has 0 N–H and O–H groups in total. The molecule has 0 fully saturated rings. The van der Waals surface area contributed by atoms with Gasteiger partial charge in [0.1, 0.15) is 6.61 Å². The van der Waals surface area contributed by atoms with E-state index < -0.39 is 16.4 Å². The van der Waals surface area contributed by atoms with Crippen LogP contribution in [0.4, 0.5) is 0 Å². The van der Waals surface area contributed by atoms with Gasteiger partial charge in [-0.25, -0.2) is 0 Å². The molecule has 3 aromatic carbocycles. The molecule has 0 bridgehead atoms. The van der Waals surface area contributed by atoms with Crippen molar-refractivity contribution >= 4 is 21.7 Å². The second-order valence-corrected chi connectivity index (χ2v) is 8.86. The van der Waals surface area contributed by atoms with Crippen molar-refractivity contribution in [3.8, 4) is 22.6 Å². The molecule has 0 saturated heterocycles. The summed E-state index contributed by atoms with van der Waals surface area (Å²) in [7, 11) is -3.92. The van der Waals surface area contributed by atoms with Gasteiger partial charge in [0.15, 0.2) is 11.5 Å². The molecule has 1 aliphatic rings. The molecule has 3 aromatic rings. The van der Waals surface area contributed by atoms with Gasteiger partial charge in [-0.3, -0.25) is 4.18 Å². The maximum Gasteiger partial charge on any atom is 0.297 e. The number of halogens is 1. The third-order valence-corrected chi connectivity index (χ3v) is 6.15. The molecule has 0 amide bonds. The zero-order valence-corrected chi connectivity index (χ0v) is 17.5. The van der Waals surface area contributed by atoms with Gasteiger partial charge in [-0.05, 0) is 43.2 Å². The zero-order valence-electron chi connectivity index (χ0n) is 15.9. The van der Waals surface area contributed by atoms with E-state index in [0.717, 1.165) is 22.3 Å². The molecule has 0 radical (unpaired) electrons. The summed E-state index contributed by atoms with van der Waals surface area (Å²) in [6, 6.07) is 17.7. The smallest absolute Gasteiger partial charge is 0.297 e. The maximum absolute atomic E-state index is 12.4. The van der Waals surface area contributed by atoms with Crippen molar-refractivity contribution in [1.82, 2.24) is 0 Å². The van der Waals surface area contributed by atoms with Gasteiger partial charge in [0, 0.05) is 16.7 Å². The van der Waals surface area contributed by atoms with Gasteiger partial charge in [0.2, 0.25) is 0 Å². The highest BCUT2D eigenvalue weighted by atomic mass is 35.5. The molecule has 150 valence electrons. The van der Waals surface area contributed by atoms with Crippen LogP contribution in [0.2, 0.25) is 5.02 Å². The van der Waals surface area contributed by atoms with Crippen LogP contribution in [0.25, 0.3) is 11.1 Å². The van der Waals surface area contributed by atoms with Crippen LogP contribution in [0, 0.1) is 13.8 Å². The van der Waals surface area contributed by atoms with Crippen molar-refractivity contribution in [1.29, 1.82) is 0 Å². The van der Waals surface area contributed by atoms with Crippen LogP contribution in [-0.2, 0) is 14.3 Å². The summed E-state index contributed by atoms with van der Waals surface area (Å²) in [5, 5.41) is 0.499. The lowest BCUT2D eigenvalue weighted by molar-refractivity contribution is 0.00993. The normalized spacial score (nSPS) is 15.5. The van der Waals surface area contributed by atoms with Crippen LogP contribution < -0.4 is 9.47 Å². The van der Waals surface area contributed by atoms with Crippen LogP contribution >= 0.6 is 11.6 Å². The highest BCUT2D eigenvalue weighted by Crippen LogP contribution is 2.46. The van der Waals surface area contributed by atoms with Crippen molar-refractivity contribution in [3.05, 3.63) is 76.8 Å². The van der Waals surface area contributed by atoms with Crippen molar-refractivity contribution in [3.63, 3.8) is 0 Å². The summed E-state index contributed by atoms with van der Waals surface area (Å²) in [4.78, 5) is 0.0854. The predicted octanol–water partition coefficient (Wildman–Crippen LogP) is 5.13. The number of aryl methyl sites for hydroxylation is 2. The third kappa shape index (κ3) is 4.10. The second kappa shape index (κ2) is 7.71. The van der Waals surface area contributed by atoms with Gasteiger partial charge < -0.3 is 9.47 Å². The quantitative estimate of drug-likeness (QED) is 0.525. The molecular weight excluding hydrogens is 412 g/mol. The summed E-state index contributed by atoms with van der Waals surface area (Å²) in [5.74, 6) is 0.974. The van der Waals surface area contributed by atoms with E-state index in [1.165, 1.54) is 12.1 Å². The molecular formula is C22H19ClO5S. The molecule has 1 unspecified atom stereocenters. The molecule has 1 aliphatic heterocycles. The van der Waals surface area contributed by atoms with Gasteiger partial charge in [0.05, 0.1) is 4.90 Å². The van der Waals surface area contributed by atoms with Crippen LogP contribution in [0.5, 0.6) is 11.5 Å². The Morgan fingerprint density at radius 2 is 1.69 bits per heavy atom. The van der Waals surface area contributed by atoms with E-state index in [0.29, 0.717) is 16.5 Å². The largest absolute Gasteiger partial charge is 0.448 e. The maximum atomic E-state index is 12.4. The van der Waals surface area contributed by atoms with Gasteiger partial charge in [-0.2, -0.15) is 8.42 Å². The first-order valence-corrected chi connectivity index (χ1v) is 10.8. The molecule has 0 aromatic heterocycles. The van der Waals surface area contributed by atoms with Gasteiger partial charge in [0.25, 0.3) is 16.4 Å².